The van der Waals surface area contributed by atoms with E-state index >= 15 is 0 Å². The minimum atomic E-state index is 0.251. The maximum Gasteiger partial charge on any atom is 0.0366 e. The lowest BCUT2D eigenvalue weighted by atomic mass is 9.99. The van der Waals surface area contributed by atoms with Gasteiger partial charge in [-0.25, -0.2) is 0 Å². The summed E-state index contributed by atoms with van der Waals surface area (Å²) in [6, 6.07) is 8.94. The van der Waals surface area contributed by atoms with E-state index in [0.717, 1.165) is 19.5 Å². The number of likely N-dealkylation sites (N-methyl/N-ethyl adjacent to an activating group) is 1. The highest BCUT2D eigenvalue weighted by atomic mass is 15.1. The van der Waals surface area contributed by atoms with Gasteiger partial charge in [0.25, 0.3) is 0 Å². The molecule has 2 unspecified atom stereocenters. The first-order valence-electron chi connectivity index (χ1n) is 6.65. The highest BCUT2D eigenvalue weighted by Crippen LogP contribution is 2.16. The van der Waals surface area contributed by atoms with Crippen LogP contribution in [0.15, 0.2) is 24.3 Å². The minimum absolute atomic E-state index is 0.251. The van der Waals surface area contributed by atoms with Crippen molar-refractivity contribution in [1.29, 1.82) is 0 Å². The molecule has 0 fully saturated rings. The third-order valence-corrected chi connectivity index (χ3v) is 3.59. The van der Waals surface area contributed by atoms with Gasteiger partial charge in [0.2, 0.25) is 0 Å². The van der Waals surface area contributed by atoms with Gasteiger partial charge in [-0.05, 0) is 31.9 Å². The van der Waals surface area contributed by atoms with Crippen molar-refractivity contribution in [3.8, 4) is 0 Å². The van der Waals surface area contributed by atoms with E-state index in [-0.39, 0.29) is 6.04 Å². The van der Waals surface area contributed by atoms with Gasteiger partial charge < -0.3 is 10.6 Å². The summed E-state index contributed by atoms with van der Waals surface area (Å²) in [4.78, 5) is 2.36. The third kappa shape index (κ3) is 4.04. The molecule has 1 rings (SSSR count). The summed E-state index contributed by atoms with van der Waals surface area (Å²) in [5, 5.41) is 0. The zero-order chi connectivity index (χ0) is 12.8. The van der Waals surface area contributed by atoms with Crippen molar-refractivity contribution in [1.82, 2.24) is 0 Å². The normalized spacial score (nSPS) is 14.4. The fourth-order valence-electron chi connectivity index (χ4n) is 1.91. The van der Waals surface area contributed by atoms with Gasteiger partial charge in [-0.3, -0.25) is 0 Å². The second kappa shape index (κ2) is 6.65. The summed E-state index contributed by atoms with van der Waals surface area (Å²) >= 11 is 0. The maximum absolute atomic E-state index is 6.23. The predicted octanol–water partition coefficient (Wildman–Crippen LogP) is 3.19. The van der Waals surface area contributed by atoms with Crippen LogP contribution in [0, 0.1) is 12.8 Å². The quantitative estimate of drug-likeness (QED) is 0.819. The molecule has 0 aliphatic rings. The molecule has 0 bridgehead atoms. The molecule has 0 saturated heterocycles. The summed E-state index contributed by atoms with van der Waals surface area (Å²) in [7, 11) is 0. The van der Waals surface area contributed by atoms with E-state index in [2.05, 4.69) is 56.9 Å². The molecule has 2 N–H and O–H groups in total. The molecular weight excluding hydrogens is 208 g/mol. The van der Waals surface area contributed by atoms with Crippen LogP contribution < -0.4 is 10.6 Å². The van der Waals surface area contributed by atoms with Crippen molar-refractivity contribution in [2.24, 2.45) is 11.7 Å². The van der Waals surface area contributed by atoms with E-state index in [9.17, 15) is 0 Å². The molecule has 1 aromatic rings. The molecule has 17 heavy (non-hydrogen) atoms. The lowest BCUT2D eigenvalue weighted by Crippen LogP contribution is -2.41. The Kier molecular flexibility index (Phi) is 5.49. The van der Waals surface area contributed by atoms with Gasteiger partial charge in [0, 0.05) is 24.8 Å². The highest BCUT2D eigenvalue weighted by molar-refractivity contribution is 5.47. The standard InChI is InChI=1S/C15H26N2/c1-5-13(4)15(16)11-17(6-2)14-9-7-12(3)8-10-14/h7-10,13,15H,5-6,11,16H2,1-4H3. The summed E-state index contributed by atoms with van der Waals surface area (Å²) < 4.78 is 0. The predicted molar refractivity (Wildman–Crippen MR) is 76.5 cm³/mol. The van der Waals surface area contributed by atoms with Gasteiger partial charge in [0.15, 0.2) is 0 Å². The monoisotopic (exact) mass is 234 g/mol. The van der Waals surface area contributed by atoms with Crippen LogP contribution in [-0.2, 0) is 0 Å². The molecule has 0 heterocycles. The number of benzene rings is 1. The van der Waals surface area contributed by atoms with Crippen LogP contribution in [0.2, 0.25) is 0 Å². The Hall–Kier alpha value is -1.02. The molecule has 1 aromatic carbocycles. The Balaban J connectivity index is 2.68. The first kappa shape index (κ1) is 14.0. The summed E-state index contributed by atoms with van der Waals surface area (Å²) in [5.74, 6) is 0.578. The van der Waals surface area contributed by atoms with E-state index in [0.29, 0.717) is 5.92 Å². The van der Waals surface area contributed by atoms with Gasteiger partial charge in [0.1, 0.15) is 0 Å². The average molecular weight is 234 g/mol. The van der Waals surface area contributed by atoms with Gasteiger partial charge in [-0.15, -0.1) is 0 Å². The average Bonchev–Trinajstić information content (AvgIpc) is 2.35. The number of nitrogens with two attached hydrogens (primary N) is 1. The highest BCUT2D eigenvalue weighted by Gasteiger charge is 2.14. The number of anilines is 1. The Labute approximate surface area is 106 Å². The molecule has 0 radical (unpaired) electrons. The molecule has 2 nitrogen and oxygen atoms in total. The van der Waals surface area contributed by atoms with Crippen molar-refractivity contribution in [2.45, 2.75) is 40.2 Å². The molecule has 0 aliphatic heterocycles. The lowest BCUT2D eigenvalue weighted by molar-refractivity contribution is 0.440. The van der Waals surface area contributed by atoms with E-state index in [1.165, 1.54) is 11.3 Å². The molecule has 0 amide bonds. The largest absolute Gasteiger partial charge is 0.370 e. The van der Waals surface area contributed by atoms with Crippen LogP contribution in [0.4, 0.5) is 5.69 Å². The van der Waals surface area contributed by atoms with E-state index < -0.39 is 0 Å². The fourth-order valence-corrected chi connectivity index (χ4v) is 1.91. The summed E-state index contributed by atoms with van der Waals surface area (Å²) in [6.07, 6.45) is 1.15. The number of rotatable bonds is 6. The molecule has 2 heteroatoms. The molecule has 2 atom stereocenters. The van der Waals surface area contributed by atoms with Crippen LogP contribution in [0.1, 0.15) is 32.8 Å². The molecule has 0 aromatic heterocycles. The Bertz CT molecular complexity index is 318. The Morgan fingerprint density at radius 3 is 2.24 bits per heavy atom. The Morgan fingerprint density at radius 1 is 1.18 bits per heavy atom. The van der Waals surface area contributed by atoms with Crippen molar-refractivity contribution in [3.05, 3.63) is 29.8 Å². The maximum atomic E-state index is 6.23. The van der Waals surface area contributed by atoms with Crippen LogP contribution in [0.5, 0.6) is 0 Å². The first-order valence-corrected chi connectivity index (χ1v) is 6.65. The zero-order valence-corrected chi connectivity index (χ0v) is 11.6. The fraction of sp³-hybridized carbons (Fsp3) is 0.600. The van der Waals surface area contributed by atoms with Crippen LogP contribution in [0.25, 0.3) is 0 Å². The van der Waals surface area contributed by atoms with Gasteiger partial charge >= 0.3 is 0 Å². The number of hydrogen-bond donors (Lipinski definition) is 1. The van der Waals surface area contributed by atoms with Crippen molar-refractivity contribution >= 4 is 5.69 Å². The van der Waals surface area contributed by atoms with Crippen LogP contribution >= 0.6 is 0 Å². The topological polar surface area (TPSA) is 29.3 Å². The van der Waals surface area contributed by atoms with Crippen molar-refractivity contribution < 1.29 is 0 Å². The van der Waals surface area contributed by atoms with E-state index in [4.69, 9.17) is 5.73 Å². The molecule has 0 spiro atoms. The number of aryl methyl sites for hydroxylation is 1. The lowest BCUT2D eigenvalue weighted by Gasteiger charge is -2.29. The summed E-state index contributed by atoms with van der Waals surface area (Å²) in [5.41, 5.74) is 8.81. The van der Waals surface area contributed by atoms with E-state index in [1.807, 2.05) is 0 Å². The van der Waals surface area contributed by atoms with E-state index in [1.54, 1.807) is 0 Å². The van der Waals surface area contributed by atoms with Crippen LogP contribution in [0.3, 0.4) is 0 Å². The van der Waals surface area contributed by atoms with Crippen LogP contribution in [-0.4, -0.2) is 19.1 Å². The number of nitrogens with zero attached hydrogens (tertiary/aromatic N) is 1. The van der Waals surface area contributed by atoms with Gasteiger partial charge in [-0.2, -0.15) is 0 Å². The minimum Gasteiger partial charge on any atom is -0.370 e. The SMILES string of the molecule is CCC(C)C(N)CN(CC)c1ccc(C)cc1. The second-order valence-corrected chi connectivity index (χ2v) is 4.92. The van der Waals surface area contributed by atoms with Crippen molar-refractivity contribution in [3.63, 3.8) is 0 Å². The first-order chi connectivity index (χ1) is 8.08. The smallest absolute Gasteiger partial charge is 0.0366 e. The van der Waals surface area contributed by atoms with Gasteiger partial charge in [0.05, 0.1) is 0 Å². The van der Waals surface area contributed by atoms with Gasteiger partial charge in [-0.1, -0.05) is 38.0 Å². The second-order valence-electron chi connectivity index (χ2n) is 4.92. The third-order valence-electron chi connectivity index (χ3n) is 3.59. The Morgan fingerprint density at radius 2 is 1.76 bits per heavy atom. The molecule has 0 saturated carbocycles. The van der Waals surface area contributed by atoms with Crippen molar-refractivity contribution in [2.75, 3.05) is 18.0 Å². The number of hydrogen-bond acceptors (Lipinski definition) is 2. The summed E-state index contributed by atoms with van der Waals surface area (Å²) in [6.45, 7) is 10.7. The molecular formula is C15H26N2. The molecule has 96 valence electrons. The zero-order valence-electron chi connectivity index (χ0n) is 11.6. The molecule has 0 aliphatic carbocycles.